The molecular weight excluding hydrogens is 389 g/mol. The fraction of sp³-hybridized carbons (Fsp3) is 0.167. The van der Waals surface area contributed by atoms with Gasteiger partial charge in [0, 0.05) is 22.7 Å². The molecule has 0 radical (unpaired) electrons. The molecule has 1 atom stereocenters. The average Bonchev–Trinajstić information content (AvgIpc) is 3.30. The molecule has 7 nitrogen and oxygen atoms in total. The van der Waals surface area contributed by atoms with Gasteiger partial charge < -0.3 is 14.5 Å². The van der Waals surface area contributed by atoms with Crippen molar-refractivity contribution < 1.29 is 9.15 Å². The molecule has 1 aromatic carbocycles. The Labute approximate surface area is 164 Å². The van der Waals surface area contributed by atoms with E-state index in [9.17, 15) is 0 Å². The summed E-state index contributed by atoms with van der Waals surface area (Å²) in [5.41, 5.74) is 1.33. The van der Waals surface area contributed by atoms with Gasteiger partial charge in [0.1, 0.15) is 17.6 Å². The van der Waals surface area contributed by atoms with Crippen molar-refractivity contribution >= 4 is 34.7 Å². The summed E-state index contributed by atoms with van der Waals surface area (Å²) in [6.07, 6.45) is 1.62. The summed E-state index contributed by atoms with van der Waals surface area (Å²) in [4.78, 5) is 0. The number of methoxy groups -OCH3 is 1. The largest absolute Gasteiger partial charge is 0.467 e. The van der Waals surface area contributed by atoms with E-state index in [1.54, 1.807) is 36.1 Å². The van der Waals surface area contributed by atoms with Crippen LogP contribution in [0, 0.1) is 0 Å². The molecule has 0 amide bonds. The number of ether oxygens (including phenoxy) is 1. The number of halogens is 2. The Kier molecular flexibility index (Phi) is 4.98. The molecule has 0 saturated carbocycles. The Morgan fingerprint density at radius 1 is 1.15 bits per heavy atom. The third kappa shape index (κ3) is 3.75. The molecule has 4 aromatic rings. The van der Waals surface area contributed by atoms with Crippen LogP contribution in [0.25, 0.3) is 17.0 Å². The molecule has 1 unspecified atom stereocenters. The third-order valence-corrected chi connectivity index (χ3v) is 4.36. The van der Waals surface area contributed by atoms with E-state index < -0.39 is 0 Å². The molecule has 1 N–H and O–H groups in total. The van der Waals surface area contributed by atoms with Gasteiger partial charge in [-0.1, -0.05) is 23.2 Å². The highest BCUT2D eigenvalue weighted by Gasteiger charge is 2.16. The number of rotatable bonds is 6. The van der Waals surface area contributed by atoms with E-state index >= 15 is 0 Å². The lowest BCUT2D eigenvalue weighted by molar-refractivity contribution is 0.178. The number of nitrogens with zero attached hydrogens (tertiary/aromatic N) is 4. The molecule has 0 spiro atoms. The topological polar surface area (TPSA) is 77.5 Å². The minimum absolute atomic E-state index is 0.185. The SMILES string of the molecule is COCC(Nc1ccc2nnc(-c3cc(Cl)cc(Cl)c3)n2n1)c1ccco1. The van der Waals surface area contributed by atoms with Crippen LogP contribution < -0.4 is 5.32 Å². The Balaban J connectivity index is 1.71. The van der Waals surface area contributed by atoms with E-state index in [0.717, 1.165) is 11.3 Å². The fourth-order valence-electron chi connectivity index (χ4n) is 2.76. The maximum absolute atomic E-state index is 6.11. The number of aromatic nitrogens is 4. The van der Waals surface area contributed by atoms with E-state index in [0.29, 0.717) is 33.9 Å². The number of nitrogens with one attached hydrogen (secondary N) is 1. The van der Waals surface area contributed by atoms with Crippen molar-refractivity contribution in [3.05, 3.63) is 64.5 Å². The van der Waals surface area contributed by atoms with Crippen LogP contribution in [0.15, 0.2) is 53.1 Å². The van der Waals surface area contributed by atoms with Crippen LogP contribution in [0.4, 0.5) is 5.82 Å². The number of hydrogen-bond donors (Lipinski definition) is 1. The molecule has 3 aromatic heterocycles. The van der Waals surface area contributed by atoms with Gasteiger partial charge in [0.2, 0.25) is 0 Å². The predicted molar refractivity (Wildman–Crippen MR) is 103 cm³/mol. The van der Waals surface area contributed by atoms with Crippen molar-refractivity contribution in [2.24, 2.45) is 0 Å². The maximum atomic E-state index is 6.11. The first-order chi connectivity index (χ1) is 13.1. The van der Waals surface area contributed by atoms with Gasteiger partial charge in [-0.15, -0.1) is 15.3 Å². The Hall–Kier alpha value is -2.61. The molecule has 0 saturated heterocycles. The van der Waals surface area contributed by atoms with Gasteiger partial charge in [-0.25, -0.2) is 0 Å². The highest BCUT2D eigenvalue weighted by molar-refractivity contribution is 6.35. The molecule has 0 aliphatic heterocycles. The van der Waals surface area contributed by atoms with Gasteiger partial charge in [-0.3, -0.25) is 0 Å². The summed E-state index contributed by atoms with van der Waals surface area (Å²) in [5, 5.41) is 17.3. The lowest BCUT2D eigenvalue weighted by atomic mass is 10.2. The Morgan fingerprint density at radius 3 is 2.67 bits per heavy atom. The fourth-order valence-corrected chi connectivity index (χ4v) is 3.28. The number of anilines is 1. The van der Waals surface area contributed by atoms with Gasteiger partial charge in [0.25, 0.3) is 0 Å². The second-order valence-corrected chi connectivity index (χ2v) is 6.71. The summed E-state index contributed by atoms with van der Waals surface area (Å²) >= 11 is 12.2. The second-order valence-electron chi connectivity index (χ2n) is 5.84. The second kappa shape index (κ2) is 7.56. The normalized spacial score (nSPS) is 12.4. The first kappa shape index (κ1) is 17.8. The molecule has 0 aliphatic rings. The van der Waals surface area contributed by atoms with E-state index in [1.165, 1.54) is 0 Å². The average molecular weight is 404 g/mol. The summed E-state index contributed by atoms with van der Waals surface area (Å²) in [6.45, 7) is 0.423. The van der Waals surface area contributed by atoms with Gasteiger partial charge in [-0.05, 0) is 42.5 Å². The van der Waals surface area contributed by atoms with E-state index in [1.807, 2.05) is 24.3 Å². The molecule has 138 valence electrons. The number of benzene rings is 1. The van der Waals surface area contributed by atoms with E-state index in [-0.39, 0.29) is 6.04 Å². The smallest absolute Gasteiger partial charge is 0.185 e. The van der Waals surface area contributed by atoms with Crippen LogP contribution in [0.3, 0.4) is 0 Å². The molecular formula is C18H15Cl2N5O2. The van der Waals surface area contributed by atoms with Gasteiger partial charge in [-0.2, -0.15) is 4.52 Å². The van der Waals surface area contributed by atoms with Crippen molar-refractivity contribution in [1.82, 2.24) is 19.8 Å². The maximum Gasteiger partial charge on any atom is 0.185 e. The third-order valence-electron chi connectivity index (χ3n) is 3.93. The van der Waals surface area contributed by atoms with Gasteiger partial charge in [0.05, 0.1) is 12.9 Å². The molecule has 0 aliphatic carbocycles. The predicted octanol–water partition coefficient (Wildman–Crippen LogP) is 4.49. The lowest BCUT2D eigenvalue weighted by Gasteiger charge is -2.16. The monoisotopic (exact) mass is 403 g/mol. The zero-order valence-corrected chi connectivity index (χ0v) is 15.8. The molecule has 9 heteroatoms. The van der Waals surface area contributed by atoms with Gasteiger partial charge in [0.15, 0.2) is 11.5 Å². The number of hydrogen-bond acceptors (Lipinski definition) is 6. The zero-order valence-electron chi connectivity index (χ0n) is 14.3. The van der Waals surface area contributed by atoms with E-state index in [4.69, 9.17) is 32.4 Å². The van der Waals surface area contributed by atoms with Crippen LogP contribution in [-0.4, -0.2) is 33.5 Å². The number of fused-ring (bicyclic) bond motifs is 1. The quantitative estimate of drug-likeness (QED) is 0.510. The molecule has 4 rings (SSSR count). The minimum atomic E-state index is -0.185. The molecule has 0 fully saturated rings. The summed E-state index contributed by atoms with van der Waals surface area (Å²) in [7, 11) is 1.63. The minimum Gasteiger partial charge on any atom is -0.467 e. The summed E-state index contributed by atoms with van der Waals surface area (Å²) in [5.74, 6) is 1.92. The molecule has 0 bridgehead atoms. The lowest BCUT2D eigenvalue weighted by Crippen LogP contribution is -2.17. The van der Waals surface area contributed by atoms with E-state index in [2.05, 4.69) is 20.6 Å². The van der Waals surface area contributed by atoms with Crippen molar-refractivity contribution in [2.75, 3.05) is 19.0 Å². The number of furan rings is 1. The first-order valence-electron chi connectivity index (χ1n) is 8.12. The van der Waals surface area contributed by atoms with Crippen molar-refractivity contribution in [1.29, 1.82) is 0 Å². The Morgan fingerprint density at radius 2 is 1.96 bits per heavy atom. The summed E-state index contributed by atoms with van der Waals surface area (Å²) in [6, 6.07) is 12.4. The molecule has 27 heavy (non-hydrogen) atoms. The van der Waals surface area contributed by atoms with Crippen LogP contribution in [-0.2, 0) is 4.74 Å². The highest BCUT2D eigenvalue weighted by Crippen LogP contribution is 2.27. The van der Waals surface area contributed by atoms with Crippen LogP contribution in [0.5, 0.6) is 0 Å². The van der Waals surface area contributed by atoms with Crippen molar-refractivity contribution in [2.45, 2.75) is 6.04 Å². The first-order valence-corrected chi connectivity index (χ1v) is 8.87. The van der Waals surface area contributed by atoms with Crippen LogP contribution in [0.2, 0.25) is 10.0 Å². The van der Waals surface area contributed by atoms with Crippen LogP contribution >= 0.6 is 23.2 Å². The summed E-state index contributed by atoms with van der Waals surface area (Å²) < 4.78 is 12.4. The van der Waals surface area contributed by atoms with Crippen molar-refractivity contribution in [3.8, 4) is 11.4 Å². The van der Waals surface area contributed by atoms with Gasteiger partial charge >= 0.3 is 0 Å². The van der Waals surface area contributed by atoms with Crippen LogP contribution in [0.1, 0.15) is 11.8 Å². The van der Waals surface area contributed by atoms with Crippen molar-refractivity contribution in [3.63, 3.8) is 0 Å². The standard InChI is InChI=1S/C18H15Cl2N5O2/c1-26-10-14(15-3-2-6-27-15)21-16-4-5-17-22-23-18(25(17)24-16)11-7-12(19)9-13(20)8-11/h2-9,14H,10H2,1H3,(H,21,24). The molecule has 3 heterocycles. The zero-order chi connectivity index (χ0) is 18.8. The highest BCUT2D eigenvalue weighted by atomic mass is 35.5. The Bertz CT molecular complexity index is 1040.